The van der Waals surface area contributed by atoms with Gasteiger partial charge in [0.1, 0.15) is 5.75 Å². The molecule has 0 saturated carbocycles. The molecule has 0 atom stereocenters. The maximum Gasteiger partial charge on any atom is 0.246 e. The Balaban J connectivity index is 1.72. The number of likely N-dealkylation sites (N-methyl/N-ethyl adjacent to an activating group) is 1. The molecule has 0 spiro atoms. The molecule has 132 valence electrons. The standard InChI is InChI=1S/C21H19BrN2O2/c1-24(14-16-13-17(22)8-11-20(16)26-2)21(25)12-10-18-9-7-15-5-3-4-6-19(15)23-18/h3-13H,14H2,1-2H3. The third kappa shape index (κ3) is 4.29. The molecule has 1 amide bonds. The second-order valence-corrected chi connectivity index (χ2v) is 6.83. The van der Waals surface area contributed by atoms with Gasteiger partial charge in [-0.2, -0.15) is 0 Å². The third-order valence-electron chi connectivity index (χ3n) is 4.04. The van der Waals surface area contributed by atoms with Gasteiger partial charge in [-0.1, -0.05) is 40.2 Å². The van der Waals surface area contributed by atoms with Gasteiger partial charge in [-0.3, -0.25) is 4.79 Å². The van der Waals surface area contributed by atoms with Gasteiger partial charge in [-0.05, 0) is 36.4 Å². The van der Waals surface area contributed by atoms with Crippen molar-refractivity contribution in [1.29, 1.82) is 0 Å². The van der Waals surface area contributed by atoms with Crippen LogP contribution in [0.4, 0.5) is 0 Å². The minimum Gasteiger partial charge on any atom is -0.496 e. The molecule has 3 rings (SSSR count). The van der Waals surface area contributed by atoms with Gasteiger partial charge in [0.15, 0.2) is 0 Å². The average molecular weight is 411 g/mol. The van der Waals surface area contributed by atoms with E-state index in [0.717, 1.165) is 32.4 Å². The third-order valence-corrected chi connectivity index (χ3v) is 4.54. The molecule has 4 nitrogen and oxygen atoms in total. The van der Waals surface area contributed by atoms with Crippen LogP contribution >= 0.6 is 15.9 Å². The minimum atomic E-state index is -0.0954. The smallest absolute Gasteiger partial charge is 0.246 e. The van der Waals surface area contributed by atoms with E-state index in [1.54, 1.807) is 31.2 Å². The van der Waals surface area contributed by atoms with Crippen molar-refractivity contribution in [2.75, 3.05) is 14.2 Å². The largest absolute Gasteiger partial charge is 0.496 e. The van der Waals surface area contributed by atoms with E-state index in [0.29, 0.717) is 6.54 Å². The number of carbonyl (C=O) groups excluding carboxylic acids is 1. The molecule has 0 radical (unpaired) electrons. The van der Waals surface area contributed by atoms with Crippen molar-refractivity contribution in [2.24, 2.45) is 0 Å². The summed E-state index contributed by atoms with van der Waals surface area (Å²) in [6.07, 6.45) is 3.28. The fourth-order valence-corrected chi connectivity index (χ4v) is 3.07. The molecular weight excluding hydrogens is 392 g/mol. The lowest BCUT2D eigenvalue weighted by Crippen LogP contribution is -2.24. The first kappa shape index (κ1) is 18.1. The number of fused-ring (bicyclic) bond motifs is 1. The van der Waals surface area contributed by atoms with Crippen molar-refractivity contribution in [1.82, 2.24) is 9.88 Å². The first-order valence-corrected chi connectivity index (χ1v) is 8.97. The van der Waals surface area contributed by atoms with Crippen molar-refractivity contribution >= 4 is 38.8 Å². The number of hydrogen-bond donors (Lipinski definition) is 0. The first-order valence-electron chi connectivity index (χ1n) is 8.18. The summed E-state index contributed by atoms with van der Waals surface area (Å²) in [6.45, 7) is 0.455. The lowest BCUT2D eigenvalue weighted by molar-refractivity contribution is -0.125. The summed E-state index contributed by atoms with van der Waals surface area (Å²) in [4.78, 5) is 18.6. The number of benzene rings is 2. The zero-order valence-electron chi connectivity index (χ0n) is 14.6. The van der Waals surface area contributed by atoms with Gasteiger partial charge in [0.2, 0.25) is 5.91 Å². The van der Waals surface area contributed by atoms with E-state index in [1.165, 1.54) is 0 Å². The molecular formula is C21H19BrN2O2. The SMILES string of the molecule is COc1ccc(Br)cc1CN(C)C(=O)C=Cc1ccc2ccccc2n1. The fourth-order valence-electron chi connectivity index (χ4n) is 2.66. The van der Waals surface area contributed by atoms with Crippen molar-refractivity contribution in [3.63, 3.8) is 0 Å². The summed E-state index contributed by atoms with van der Waals surface area (Å²) in [6, 6.07) is 17.6. The molecule has 0 aliphatic heterocycles. The minimum absolute atomic E-state index is 0.0954. The topological polar surface area (TPSA) is 42.4 Å². The molecule has 0 bridgehead atoms. The van der Waals surface area contributed by atoms with Crippen LogP contribution in [-0.4, -0.2) is 29.9 Å². The number of carbonyl (C=O) groups is 1. The predicted molar refractivity (Wildman–Crippen MR) is 108 cm³/mol. The van der Waals surface area contributed by atoms with Gasteiger partial charge in [0, 0.05) is 35.1 Å². The highest BCUT2D eigenvalue weighted by atomic mass is 79.9. The van der Waals surface area contributed by atoms with Gasteiger partial charge in [-0.25, -0.2) is 4.98 Å². The molecule has 0 aliphatic rings. The molecule has 0 aliphatic carbocycles. The highest BCUT2D eigenvalue weighted by Crippen LogP contribution is 2.24. The summed E-state index contributed by atoms with van der Waals surface area (Å²) >= 11 is 3.45. The Labute approximate surface area is 161 Å². The van der Waals surface area contributed by atoms with Gasteiger partial charge in [0.25, 0.3) is 0 Å². The molecule has 0 N–H and O–H groups in total. The van der Waals surface area contributed by atoms with E-state index >= 15 is 0 Å². The Kier molecular flexibility index (Phi) is 5.68. The number of para-hydroxylation sites is 1. The lowest BCUT2D eigenvalue weighted by atomic mass is 10.2. The number of halogens is 1. The number of amides is 1. The monoisotopic (exact) mass is 410 g/mol. The van der Waals surface area contributed by atoms with Crippen molar-refractivity contribution in [2.45, 2.75) is 6.54 Å². The molecule has 26 heavy (non-hydrogen) atoms. The molecule has 3 aromatic rings. The van der Waals surface area contributed by atoms with Crippen LogP contribution in [0.1, 0.15) is 11.3 Å². The zero-order valence-corrected chi connectivity index (χ0v) is 16.2. The Morgan fingerprint density at radius 1 is 1.19 bits per heavy atom. The number of rotatable bonds is 5. The zero-order chi connectivity index (χ0) is 18.5. The van der Waals surface area contributed by atoms with Gasteiger partial charge in [-0.15, -0.1) is 0 Å². The van der Waals surface area contributed by atoms with Crippen molar-refractivity contribution < 1.29 is 9.53 Å². The summed E-state index contributed by atoms with van der Waals surface area (Å²) in [5, 5.41) is 1.08. The molecule has 0 unspecified atom stereocenters. The van der Waals surface area contributed by atoms with Crippen molar-refractivity contribution in [3.05, 3.63) is 76.4 Å². The quantitative estimate of drug-likeness (QED) is 0.573. The predicted octanol–water partition coefficient (Wildman–Crippen LogP) is 4.68. The van der Waals surface area contributed by atoms with Crippen LogP contribution in [0.25, 0.3) is 17.0 Å². The van der Waals surface area contributed by atoms with E-state index in [4.69, 9.17) is 4.74 Å². The van der Waals surface area contributed by atoms with Crippen LogP contribution in [0.5, 0.6) is 5.75 Å². The van der Waals surface area contributed by atoms with Crippen LogP contribution in [0, 0.1) is 0 Å². The normalized spacial score (nSPS) is 11.0. The highest BCUT2D eigenvalue weighted by molar-refractivity contribution is 9.10. The number of aromatic nitrogens is 1. The fraction of sp³-hybridized carbons (Fsp3) is 0.143. The highest BCUT2D eigenvalue weighted by Gasteiger charge is 2.10. The Morgan fingerprint density at radius 3 is 2.81 bits per heavy atom. The van der Waals surface area contributed by atoms with Gasteiger partial charge in [0.05, 0.1) is 18.3 Å². The first-order chi connectivity index (χ1) is 12.6. The maximum atomic E-state index is 12.4. The molecule has 0 fully saturated rings. The number of pyridine rings is 1. The number of nitrogens with zero attached hydrogens (tertiary/aromatic N) is 2. The van der Waals surface area contributed by atoms with Crippen LogP contribution < -0.4 is 4.74 Å². The Bertz CT molecular complexity index is 969. The van der Waals surface area contributed by atoms with Crippen molar-refractivity contribution in [3.8, 4) is 5.75 Å². The number of methoxy groups -OCH3 is 1. The molecule has 1 heterocycles. The summed E-state index contributed by atoms with van der Waals surface area (Å²) in [5.41, 5.74) is 2.61. The van der Waals surface area contributed by atoms with E-state index < -0.39 is 0 Å². The second kappa shape index (κ2) is 8.15. The van der Waals surface area contributed by atoms with E-state index in [1.807, 2.05) is 54.6 Å². The average Bonchev–Trinajstić information content (AvgIpc) is 2.66. The van der Waals surface area contributed by atoms with E-state index in [2.05, 4.69) is 20.9 Å². The van der Waals surface area contributed by atoms with Crippen LogP contribution in [0.3, 0.4) is 0 Å². The summed E-state index contributed by atoms with van der Waals surface area (Å²) in [5.74, 6) is 0.662. The second-order valence-electron chi connectivity index (χ2n) is 5.91. The Hall–Kier alpha value is -2.66. The molecule has 1 aromatic heterocycles. The van der Waals surface area contributed by atoms with E-state index in [-0.39, 0.29) is 5.91 Å². The number of ether oxygens (including phenoxy) is 1. The van der Waals surface area contributed by atoms with Crippen LogP contribution in [0.15, 0.2) is 65.1 Å². The lowest BCUT2D eigenvalue weighted by Gasteiger charge is -2.17. The summed E-state index contributed by atoms with van der Waals surface area (Å²) in [7, 11) is 3.39. The molecule has 0 saturated heterocycles. The Morgan fingerprint density at radius 2 is 2.00 bits per heavy atom. The van der Waals surface area contributed by atoms with E-state index in [9.17, 15) is 4.79 Å². The van der Waals surface area contributed by atoms with Crippen LogP contribution in [-0.2, 0) is 11.3 Å². The molecule has 5 heteroatoms. The summed E-state index contributed by atoms with van der Waals surface area (Å²) < 4.78 is 6.31. The number of hydrogen-bond acceptors (Lipinski definition) is 3. The van der Waals surface area contributed by atoms with Gasteiger partial charge < -0.3 is 9.64 Å². The van der Waals surface area contributed by atoms with Crippen LogP contribution in [0.2, 0.25) is 0 Å². The van der Waals surface area contributed by atoms with Gasteiger partial charge >= 0.3 is 0 Å². The maximum absolute atomic E-state index is 12.4. The molecule has 2 aromatic carbocycles.